The highest BCUT2D eigenvalue weighted by molar-refractivity contribution is 7.12. The minimum Gasteiger partial charge on any atom is -0.333 e. The van der Waals surface area contributed by atoms with Gasteiger partial charge in [0.25, 0.3) is 5.91 Å². The highest BCUT2D eigenvalue weighted by Gasteiger charge is 2.18. The van der Waals surface area contributed by atoms with Crippen LogP contribution >= 0.6 is 11.3 Å². The van der Waals surface area contributed by atoms with Crippen LogP contribution in [0.2, 0.25) is 0 Å². The fourth-order valence-electron chi connectivity index (χ4n) is 1.88. The second-order valence-electron chi connectivity index (χ2n) is 4.43. The third-order valence-electron chi connectivity index (χ3n) is 2.93. The molecule has 0 bridgehead atoms. The average molecular weight is 285 g/mol. The fourth-order valence-corrected chi connectivity index (χ4v) is 2.78. The Labute approximate surface area is 122 Å². The highest BCUT2D eigenvalue weighted by Crippen LogP contribution is 2.19. The van der Waals surface area contributed by atoms with Crippen LogP contribution in [0.4, 0.5) is 0 Å². The Kier molecular flexibility index (Phi) is 4.85. The first-order chi connectivity index (χ1) is 9.72. The molecule has 0 saturated carbocycles. The van der Waals surface area contributed by atoms with Crippen molar-refractivity contribution in [3.05, 3.63) is 52.0 Å². The van der Waals surface area contributed by atoms with Gasteiger partial charge in [0.05, 0.1) is 17.4 Å². The standard InChI is InChI=1S/C15H15N3OS/c1-12-5-9-20-14(12)15(19)18(8-3-6-16)11-13-4-2-7-17-10-13/h2,4-5,7,9-10H,3,8,11H2,1H3. The summed E-state index contributed by atoms with van der Waals surface area (Å²) in [6, 6.07) is 7.80. The van der Waals surface area contributed by atoms with Crippen LogP contribution in [-0.4, -0.2) is 22.3 Å². The number of pyridine rings is 1. The number of hydrogen-bond acceptors (Lipinski definition) is 4. The Bertz CT molecular complexity index is 616. The van der Waals surface area contributed by atoms with Crippen molar-refractivity contribution in [3.63, 3.8) is 0 Å². The zero-order chi connectivity index (χ0) is 14.4. The Morgan fingerprint density at radius 1 is 1.50 bits per heavy atom. The summed E-state index contributed by atoms with van der Waals surface area (Å²) in [7, 11) is 0. The van der Waals surface area contributed by atoms with Crippen LogP contribution < -0.4 is 0 Å². The third kappa shape index (κ3) is 3.43. The Hall–Kier alpha value is -2.19. The molecular weight excluding hydrogens is 270 g/mol. The molecule has 0 radical (unpaired) electrons. The van der Waals surface area contributed by atoms with Crippen molar-refractivity contribution >= 4 is 17.2 Å². The molecule has 2 aromatic rings. The summed E-state index contributed by atoms with van der Waals surface area (Å²) in [4.78, 5) is 19.1. The molecule has 20 heavy (non-hydrogen) atoms. The van der Waals surface area contributed by atoms with E-state index < -0.39 is 0 Å². The van der Waals surface area contributed by atoms with Crippen molar-refractivity contribution in [2.75, 3.05) is 6.54 Å². The Morgan fingerprint density at radius 2 is 2.35 bits per heavy atom. The van der Waals surface area contributed by atoms with Crippen molar-refractivity contribution in [1.82, 2.24) is 9.88 Å². The molecule has 0 aliphatic heterocycles. The molecule has 0 N–H and O–H groups in total. The second kappa shape index (κ2) is 6.83. The largest absolute Gasteiger partial charge is 0.333 e. The summed E-state index contributed by atoms with van der Waals surface area (Å²) in [6.07, 6.45) is 3.78. The maximum atomic E-state index is 12.5. The summed E-state index contributed by atoms with van der Waals surface area (Å²) < 4.78 is 0. The van der Waals surface area contributed by atoms with Gasteiger partial charge in [-0.1, -0.05) is 6.07 Å². The number of hydrogen-bond donors (Lipinski definition) is 0. The SMILES string of the molecule is Cc1ccsc1C(=O)N(CCC#N)Cc1cccnc1. The molecule has 0 aliphatic carbocycles. The maximum absolute atomic E-state index is 12.5. The average Bonchev–Trinajstić information content (AvgIpc) is 2.90. The topological polar surface area (TPSA) is 57.0 Å². The van der Waals surface area contributed by atoms with Gasteiger partial charge in [0.15, 0.2) is 0 Å². The molecule has 0 atom stereocenters. The Balaban J connectivity index is 2.17. The number of amides is 1. The molecule has 0 spiro atoms. The molecule has 2 heterocycles. The molecule has 4 nitrogen and oxygen atoms in total. The van der Waals surface area contributed by atoms with Gasteiger partial charge in [-0.25, -0.2) is 0 Å². The number of aromatic nitrogens is 1. The lowest BCUT2D eigenvalue weighted by atomic mass is 10.2. The number of carbonyl (C=O) groups is 1. The van der Waals surface area contributed by atoms with E-state index in [1.807, 2.05) is 30.5 Å². The molecule has 0 aliphatic rings. The normalized spacial score (nSPS) is 10.0. The zero-order valence-corrected chi connectivity index (χ0v) is 12.1. The van der Waals surface area contributed by atoms with E-state index in [-0.39, 0.29) is 5.91 Å². The number of nitrogens with zero attached hydrogens (tertiary/aromatic N) is 3. The number of thiophene rings is 1. The lowest BCUT2D eigenvalue weighted by Crippen LogP contribution is -2.31. The molecule has 1 amide bonds. The van der Waals surface area contributed by atoms with Gasteiger partial charge < -0.3 is 4.90 Å². The lowest BCUT2D eigenvalue weighted by Gasteiger charge is -2.21. The molecule has 0 fully saturated rings. The van der Waals surface area contributed by atoms with Gasteiger partial charge in [0.1, 0.15) is 0 Å². The summed E-state index contributed by atoms with van der Waals surface area (Å²) in [5.41, 5.74) is 1.95. The predicted molar refractivity (Wildman–Crippen MR) is 78.3 cm³/mol. The smallest absolute Gasteiger partial charge is 0.264 e. The van der Waals surface area contributed by atoms with Gasteiger partial charge in [-0.2, -0.15) is 5.26 Å². The molecule has 0 aromatic carbocycles. The molecule has 2 rings (SSSR count). The van der Waals surface area contributed by atoms with Gasteiger partial charge in [-0.05, 0) is 35.6 Å². The van der Waals surface area contributed by atoms with Gasteiger partial charge in [-0.15, -0.1) is 11.3 Å². The van der Waals surface area contributed by atoms with Crippen molar-refractivity contribution in [3.8, 4) is 6.07 Å². The number of carbonyl (C=O) groups excluding carboxylic acids is 1. The maximum Gasteiger partial charge on any atom is 0.264 e. The van der Waals surface area contributed by atoms with E-state index in [1.165, 1.54) is 11.3 Å². The fraction of sp³-hybridized carbons (Fsp3) is 0.267. The number of rotatable bonds is 5. The quantitative estimate of drug-likeness (QED) is 0.848. The van der Waals surface area contributed by atoms with Gasteiger partial charge in [0, 0.05) is 25.5 Å². The first kappa shape index (κ1) is 14.2. The second-order valence-corrected chi connectivity index (χ2v) is 5.34. The van der Waals surface area contributed by atoms with Crippen molar-refractivity contribution in [2.24, 2.45) is 0 Å². The van der Waals surface area contributed by atoms with E-state index in [4.69, 9.17) is 5.26 Å². The minimum atomic E-state index is -0.0170. The number of nitriles is 1. The van der Waals surface area contributed by atoms with Gasteiger partial charge in [-0.3, -0.25) is 9.78 Å². The van der Waals surface area contributed by atoms with Crippen LogP contribution in [0.15, 0.2) is 36.0 Å². The zero-order valence-electron chi connectivity index (χ0n) is 11.2. The van der Waals surface area contributed by atoms with Crippen molar-refractivity contribution < 1.29 is 4.79 Å². The summed E-state index contributed by atoms with van der Waals surface area (Å²) >= 11 is 1.44. The van der Waals surface area contributed by atoms with Crippen LogP contribution in [0.3, 0.4) is 0 Å². The van der Waals surface area contributed by atoms with Crippen LogP contribution in [0.25, 0.3) is 0 Å². The van der Waals surface area contributed by atoms with E-state index in [0.29, 0.717) is 19.5 Å². The van der Waals surface area contributed by atoms with Crippen LogP contribution in [0, 0.1) is 18.3 Å². The van der Waals surface area contributed by atoms with Crippen molar-refractivity contribution in [1.29, 1.82) is 5.26 Å². The van der Waals surface area contributed by atoms with Gasteiger partial charge in [0.2, 0.25) is 0 Å². The Morgan fingerprint density at radius 3 is 2.95 bits per heavy atom. The first-order valence-electron chi connectivity index (χ1n) is 6.31. The molecule has 102 valence electrons. The third-order valence-corrected chi connectivity index (χ3v) is 3.94. The minimum absolute atomic E-state index is 0.0170. The first-order valence-corrected chi connectivity index (χ1v) is 7.19. The molecular formula is C15H15N3OS. The lowest BCUT2D eigenvalue weighted by molar-refractivity contribution is 0.0751. The van der Waals surface area contributed by atoms with Crippen LogP contribution in [-0.2, 0) is 6.54 Å². The van der Waals surface area contributed by atoms with E-state index in [9.17, 15) is 4.79 Å². The summed E-state index contributed by atoms with van der Waals surface area (Å²) in [5, 5.41) is 10.7. The van der Waals surface area contributed by atoms with Crippen LogP contribution in [0.1, 0.15) is 27.2 Å². The van der Waals surface area contributed by atoms with E-state index in [1.54, 1.807) is 17.3 Å². The molecule has 0 saturated heterocycles. The van der Waals surface area contributed by atoms with E-state index >= 15 is 0 Å². The molecule has 5 heteroatoms. The number of aryl methyl sites for hydroxylation is 1. The van der Waals surface area contributed by atoms with Gasteiger partial charge >= 0.3 is 0 Å². The summed E-state index contributed by atoms with van der Waals surface area (Å²) in [6.45, 7) is 2.84. The highest BCUT2D eigenvalue weighted by atomic mass is 32.1. The predicted octanol–water partition coefficient (Wildman–Crippen LogP) is 3.01. The molecule has 0 unspecified atom stereocenters. The van der Waals surface area contributed by atoms with E-state index in [2.05, 4.69) is 11.1 Å². The van der Waals surface area contributed by atoms with Crippen molar-refractivity contribution in [2.45, 2.75) is 19.9 Å². The van der Waals surface area contributed by atoms with Crippen LogP contribution in [0.5, 0.6) is 0 Å². The van der Waals surface area contributed by atoms with E-state index in [0.717, 1.165) is 16.0 Å². The summed E-state index contributed by atoms with van der Waals surface area (Å²) in [5.74, 6) is -0.0170. The monoisotopic (exact) mass is 285 g/mol. The molecule has 2 aromatic heterocycles.